The van der Waals surface area contributed by atoms with E-state index in [1.165, 1.54) is 3.57 Å². The molecule has 1 atom stereocenters. The molecule has 2 nitrogen and oxygen atoms in total. The molecule has 0 aliphatic heterocycles. The standard InChI is InChI=1S/C9H12INO/c1-7(11)6-12-9-4-2-8(10)3-5-9/h2-5,7H,6,11H2,1H3. The Balaban J connectivity index is 2.48. The van der Waals surface area contributed by atoms with E-state index in [4.69, 9.17) is 10.5 Å². The van der Waals surface area contributed by atoms with E-state index in [1.807, 2.05) is 31.2 Å². The molecule has 0 spiro atoms. The van der Waals surface area contributed by atoms with Crippen LogP contribution in [0.2, 0.25) is 0 Å². The third-order valence-corrected chi connectivity index (χ3v) is 2.05. The smallest absolute Gasteiger partial charge is 0.119 e. The van der Waals surface area contributed by atoms with E-state index in [1.54, 1.807) is 0 Å². The molecule has 0 fully saturated rings. The Morgan fingerprint density at radius 3 is 2.50 bits per heavy atom. The first-order chi connectivity index (χ1) is 5.68. The predicted molar refractivity (Wildman–Crippen MR) is 58.3 cm³/mol. The number of benzene rings is 1. The molecule has 3 heteroatoms. The molecule has 2 N–H and O–H groups in total. The van der Waals surface area contributed by atoms with Gasteiger partial charge in [-0.2, -0.15) is 0 Å². The molecule has 0 aliphatic rings. The molecule has 0 radical (unpaired) electrons. The van der Waals surface area contributed by atoms with Crippen LogP contribution in [0.5, 0.6) is 5.75 Å². The van der Waals surface area contributed by atoms with E-state index >= 15 is 0 Å². The first kappa shape index (κ1) is 9.80. The minimum Gasteiger partial charge on any atom is -0.492 e. The summed E-state index contributed by atoms with van der Waals surface area (Å²) in [6.07, 6.45) is 0. The van der Waals surface area contributed by atoms with Crippen LogP contribution < -0.4 is 10.5 Å². The average Bonchev–Trinajstić information content (AvgIpc) is 2.03. The second kappa shape index (κ2) is 4.67. The molecule has 0 aliphatic carbocycles. The fraction of sp³-hybridized carbons (Fsp3) is 0.333. The van der Waals surface area contributed by atoms with Crippen molar-refractivity contribution in [3.05, 3.63) is 27.8 Å². The van der Waals surface area contributed by atoms with Crippen LogP contribution in [0.25, 0.3) is 0 Å². The molecule has 66 valence electrons. The van der Waals surface area contributed by atoms with Gasteiger partial charge in [0.15, 0.2) is 0 Å². The summed E-state index contributed by atoms with van der Waals surface area (Å²) >= 11 is 2.26. The van der Waals surface area contributed by atoms with Crippen LogP contribution in [-0.2, 0) is 0 Å². The summed E-state index contributed by atoms with van der Waals surface area (Å²) < 4.78 is 6.60. The van der Waals surface area contributed by atoms with Gasteiger partial charge < -0.3 is 10.5 Å². The Morgan fingerprint density at radius 1 is 1.42 bits per heavy atom. The van der Waals surface area contributed by atoms with Gasteiger partial charge in [0, 0.05) is 9.61 Å². The fourth-order valence-electron chi connectivity index (χ4n) is 0.758. The van der Waals surface area contributed by atoms with Crippen molar-refractivity contribution in [1.82, 2.24) is 0 Å². The van der Waals surface area contributed by atoms with Gasteiger partial charge in [0.1, 0.15) is 12.4 Å². The highest BCUT2D eigenvalue weighted by Gasteiger charge is 1.95. The second-order valence-electron chi connectivity index (χ2n) is 2.74. The van der Waals surface area contributed by atoms with Crippen molar-refractivity contribution in [3.8, 4) is 5.75 Å². The summed E-state index contributed by atoms with van der Waals surface area (Å²) in [5, 5.41) is 0. The van der Waals surface area contributed by atoms with Crippen molar-refractivity contribution in [2.75, 3.05) is 6.61 Å². The van der Waals surface area contributed by atoms with E-state index in [0.29, 0.717) is 6.61 Å². The van der Waals surface area contributed by atoms with Crippen LogP contribution >= 0.6 is 22.6 Å². The molecule has 1 aromatic carbocycles. The molecule has 0 saturated heterocycles. The van der Waals surface area contributed by atoms with Crippen LogP contribution in [0, 0.1) is 3.57 Å². The van der Waals surface area contributed by atoms with Gasteiger partial charge in [-0.15, -0.1) is 0 Å². The lowest BCUT2D eigenvalue weighted by atomic mass is 10.3. The molecule has 0 heterocycles. The molecule has 1 rings (SSSR count). The Morgan fingerprint density at radius 2 is 2.00 bits per heavy atom. The zero-order valence-corrected chi connectivity index (χ0v) is 9.11. The normalized spacial score (nSPS) is 12.6. The lowest BCUT2D eigenvalue weighted by Crippen LogP contribution is -2.23. The van der Waals surface area contributed by atoms with Crippen molar-refractivity contribution in [2.45, 2.75) is 13.0 Å². The molecule has 0 aromatic heterocycles. The van der Waals surface area contributed by atoms with Crippen molar-refractivity contribution < 1.29 is 4.74 Å². The highest BCUT2D eigenvalue weighted by atomic mass is 127. The number of rotatable bonds is 3. The monoisotopic (exact) mass is 277 g/mol. The van der Waals surface area contributed by atoms with Crippen molar-refractivity contribution in [3.63, 3.8) is 0 Å². The number of hydrogen-bond acceptors (Lipinski definition) is 2. The first-order valence-corrected chi connectivity index (χ1v) is 4.90. The minimum atomic E-state index is 0.0873. The van der Waals surface area contributed by atoms with Crippen molar-refractivity contribution >= 4 is 22.6 Å². The quantitative estimate of drug-likeness (QED) is 0.858. The first-order valence-electron chi connectivity index (χ1n) is 3.82. The SMILES string of the molecule is CC(N)COc1ccc(I)cc1. The average molecular weight is 277 g/mol. The van der Waals surface area contributed by atoms with E-state index in [-0.39, 0.29) is 6.04 Å². The van der Waals surface area contributed by atoms with Crippen LogP contribution in [0.4, 0.5) is 0 Å². The Bertz CT molecular complexity index is 233. The van der Waals surface area contributed by atoms with E-state index in [2.05, 4.69) is 22.6 Å². The van der Waals surface area contributed by atoms with Crippen molar-refractivity contribution in [1.29, 1.82) is 0 Å². The van der Waals surface area contributed by atoms with Gasteiger partial charge in [-0.3, -0.25) is 0 Å². The van der Waals surface area contributed by atoms with E-state index in [9.17, 15) is 0 Å². The van der Waals surface area contributed by atoms with Gasteiger partial charge in [0.25, 0.3) is 0 Å². The van der Waals surface area contributed by atoms with Gasteiger partial charge in [-0.1, -0.05) is 0 Å². The van der Waals surface area contributed by atoms with E-state index < -0.39 is 0 Å². The van der Waals surface area contributed by atoms with Crippen LogP contribution in [-0.4, -0.2) is 12.6 Å². The summed E-state index contributed by atoms with van der Waals surface area (Å²) in [4.78, 5) is 0. The Kier molecular flexibility index (Phi) is 3.81. The Labute approximate surface area is 86.2 Å². The number of halogens is 1. The minimum absolute atomic E-state index is 0.0873. The van der Waals surface area contributed by atoms with Gasteiger partial charge in [0.2, 0.25) is 0 Å². The maximum absolute atomic E-state index is 5.54. The topological polar surface area (TPSA) is 35.2 Å². The molecule has 12 heavy (non-hydrogen) atoms. The van der Waals surface area contributed by atoms with Crippen LogP contribution in [0.3, 0.4) is 0 Å². The third kappa shape index (κ3) is 3.40. The van der Waals surface area contributed by atoms with Gasteiger partial charge in [-0.25, -0.2) is 0 Å². The highest BCUT2D eigenvalue weighted by Crippen LogP contribution is 2.13. The molecule has 0 amide bonds. The summed E-state index contributed by atoms with van der Waals surface area (Å²) in [5.41, 5.74) is 5.54. The van der Waals surface area contributed by atoms with Crippen LogP contribution in [0.1, 0.15) is 6.92 Å². The Hall–Kier alpha value is -0.290. The second-order valence-corrected chi connectivity index (χ2v) is 3.99. The fourth-order valence-corrected chi connectivity index (χ4v) is 1.12. The lowest BCUT2D eigenvalue weighted by molar-refractivity contribution is 0.296. The largest absolute Gasteiger partial charge is 0.492 e. The third-order valence-electron chi connectivity index (χ3n) is 1.33. The van der Waals surface area contributed by atoms with Gasteiger partial charge >= 0.3 is 0 Å². The summed E-state index contributed by atoms with van der Waals surface area (Å²) in [6, 6.07) is 8.01. The van der Waals surface area contributed by atoms with E-state index in [0.717, 1.165) is 5.75 Å². The summed E-state index contributed by atoms with van der Waals surface area (Å²) in [7, 11) is 0. The zero-order valence-electron chi connectivity index (χ0n) is 6.96. The molecule has 0 bridgehead atoms. The molecular formula is C9H12INO. The number of nitrogens with two attached hydrogens (primary N) is 1. The molecule has 1 aromatic rings. The van der Waals surface area contributed by atoms with Gasteiger partial charge in [0.05, 0.1) is 0 Å². The predicted octanol–water partition coefficient (Wildman–Crippen LogP) is 2.02. The summed E-state index contributed by atoms with van der Waals surface area (Å²) in [6.45, 7) is 2.49. The zero-order chi connectivity index (χ0) is 8.97. The molecule has 0 saturated carbocycles. The lowest BCUT2D eigenvalue weighted by Gasteiger charge is -2.07. The van der Waals surface area contributed by atoms with Crippen LogP contribution in [0.15, 0.2) is 24.3 Å². The highest BCUT2D eigenvalue weighted by molar-refractivity contribution is 14.1. The van der Waals surface area contributed by atoms with Gasteiger partial charge in [-0.05, 0) is 53.8 Å². The summed E-state index contributed by atoms with van der Waals surface area (Å²) in [5.74, 6) is 0.882. The maximum Gasteiger partial charge on any atom is 0.119 e. The molecular weight excluding hydrogens is 265 g/mol. The maximum atomic E-state index is 5.54. The number of ether oxygens (including phenoxy) is 1. The van der Waals surface area contributed by atoms with Crippen molar-refractivity contribution in [2.24, 2.45) is 5.73 Å². The molecule has 1 unspecified atom stereocenters. The number of hydrogen-bond donors (Lipinski definition) is 1.